The summed E-state index contributed by atoms with van der Waals surface area (Å²) in [6.07, 6.45) is 1.22. The molecule has 0 atom stereocenters. The Kier molecular flexibility index (Phi) is 7.25. The molecule has 2 rings (SSSR count). The number of rotatable bonds is 7. The SMILES string of the molecule is CCN(CC)C(=O)CN(c1ccc(C)cc1)S(=O)(=O)c1cnc(Br)c(Cl)c1. The Labute approximate surface area is 173 Å². The number of sulfonamides is 1. The predicted molar refractivity (Wildman–Crippen MR) is 111 cm³/mol. The number of aromatic nitrogens is 1. The van der Waals surface area contributed by atoms with Crippen LogP contribution in [0.3, 0.4) is 0 Å². The first-order valence-corrected chi connectivity index (χ1v) is 11.0. The fraction of sp³-hybridized carbons (Fsp3) is 0.333. The van der Waals surface area contributed by atoms with E-state index in [2.05, 4.69) is 20.9 Å². The van der Waals surface area contributed by atoms with Gasteiger partial charge in [0.05, 0.1) is 10.7 Å². The average molecular weight is 475 g/mol. The van der Waals surface area contributed by atoms with Crippen LogP contribution in [-0.4, -0.2) is 43.8 Å². The molecule has 0 aliphatic rings. The lowest BCUT2D eigenvalue weighted by Gasteiger charge is -2.27. The molecular formula is C18H21BrClN3O3S. The van der Waals surface area contributed by atoms with Gasteiger partial charge < -0.3 is 4.90 Å². The molecule has 27 heavy (non-hydrogen) atoms. The first-order chi connectivity index (χ1) is 12.7. The van der Waals surface area contributed by atoms with Crippen molar-refractivity contribution in [2.75, 3.05) is 23.9 Å². The van der Waals surface area contributed by atoms with Gasteiger partial charge in [0.25, 0.3) is 10.0 Å². The van der Waals surface area contributed by atoms with Crippen LogP contribution in [0.4, 0.5) is 5.69 Å². The fourth-order valence-electron chi connectivity index (χ4n) is 2.50. The summed E-state index contributed by atoms with van der Waals surface area (Å²) in [7, 11) is -4.03. The van der Waals surface area contributed by atoms with E-state index in [4.69, 9.17) is 11.6 Å². The minimum Gasteiger partial charge on any atom is -0.342 e. The van der Waals surface area contributed by atoms with E-state index in [9.17, 15) is 13.2 Å². The molecule has 1 amide bonds. The molecule has 0 unspecified atom stereocenters. The Morgan fingerprint density at radius 1 is 1.19 bits per heavy atom. The van der Waals surface area contributed by atoms with Crippen molar-refractivity contribution < 1.29 is 13.2 Å². The molecule has 1 aromatic carbocycles. The number of halogens is 2. The second-order valence-electron chi connectivity index (χ2n) is 5.86. The summed E-state index contributed by atoms with van der Waals surface area (Å²) in [5, 5.41) is 0.176. The standard InChI is InChI=1S/C18H21BrClN3O3S/c1-4-22(5-2)17(24)12-23(14-8-6-13(3)7-9-14)27(25,26)15-10-16(20)18(19)21-11-15/h6-11H,4-5,12H2,1-3H3. The third-order valence-corrected chi connectivity index (χ3v) is 6.96. The van der Waals surface area contributed by atoms with Crippen molar-refractivity contribution in [3.8, 4) is 0 Å². The summed E-state index contributed by atoms with van der Waals surface area (Å²) in [4.78, 5) is 18.1. The zero-order valence-electron chi connectivity index (χ0n) is 15.3. The van der Waals surface area contributed by atoms with Gasteiger partial charge in [0, 0.05) is 19.3 Å². The molecule has 0 N–H and O–H groups in total. The molecule has 146 valence electrons. The van der Waals surface area contributed by atoms with Crippen LogP contribution >= 0.6 is 27.5 Å². The molecule has 0 aliphatic heterocycles. The minimum absolute atomic E-state index is 0.0800. The van der Waals surface area contributed by atoms with Crippen molar-refractivity contribution in [1.29, 1.82) is 0 Å². The van der Waals surface area contributed by atoms with Crippen LogP contribution in [0.15, 0.2) is 46.0 Å². The molecular weight excluding hydrogens is 454 g/mol. The average Bonchev–Trinajstić information content (AvgIpc) is 2.63. The van der Waals surface area contributed by atoms with Gasteiger partial charge in [0.1, 0.15) is 16.0 Å². The number of anilines is 1. The number of amides is 1. The Balaban J connectivity index is 2.51. The molecule has 0 bridgehead atoms. The first-order valence-electron chi connectivity index (χ1n) is 8.38. The Bertz CT molecular complexity index is 916. The molecule has 0 saturated heterocycles. The van der Waals surface area contributed by atoms with Crippen LogP contribution in [0.5, 0.6) is 0 Å². The zero-order valence-corrected chi connectivity index (χ0v) is 18.5. The molecule has 0 aliphatic carbocycles. The van der Waals surface area contributed by atoms with E-state index in [0.29, 0.717) is 23.4 Å². The van der Waals surface area contributed by atoms with Crippen LogP contribution in [0.25, 0.3) is 0 Å². The topological polar surface area (TPSA) is 70.6 Å². The molecule has 9 heteroatoms. The van der Waals surface area contributed by atoms with Crippen molar-refractivity contribution in [1.82, 2.24) is 9.88 Å². The number of carbonyl (C=O) groups is 1. The highest BCUT2D eigenvalue weighted by Crippen LogP contribution is 2.28. The summed E-state index contributed by atoms with van der Waals surface area (Å²) in [5.74, 6) is -0.277. The molecule has 2 aromatic rings. The number of nitrogens with zero attached hydrogens (tertiary/aromatic N) is 3. The van der Waals surface area contributed by atoms with E-state index in [-0.39, 0.29) is 22.4 Å². The van der Waals surface area contributed by atoms with E-state index in [0.717, 1.165) is 9.87 Å². The maximum absolute atomic E-state index is 13.3. The molecule has 0 radical (unpaired) electrons. The second-order valence-corrected chi connectivity index (χ2v) is 8.88. The summed E-state index contributed by atoms with van der Waals surface area (Å²) in [6, 6.07) is 8.27. The highest BCUT2D eigenvalue weighted by molar-refractivity contribution is 9.10. The molecule has 1 aromatic heterocycles. The first kappa shape index (κ1) is 21.7. The summed E-state index contributed by atoms with van der Waals surface area (Å²) >= 11 is 9.18. The van der Waals surface area contributed by atoms with Crippen molar-refractivity contribution in [2.24, 2.45) is 0 Å². The third-order valence-electron chi connectivity index (χ3n) is 4.08. The lowest BCUT2D eigenvalue weighted by molar-refractivity contribution is -0.129. The number of carbonyl (C=O) groups excluding carboxylic acids is 1. The Morgan fingerprint density at radius 3 is 2.30 bits per heavy atom. The molecule has 0 fully saturated rings. The van der Waals surface area contributed by atoms with Crippen molar-refractivity contribution in [2.45, 2.75) is 25.7 Å². The van der Waals surface area contributed by atoms with Gasteiger partial charge in [-0.3, -0.25) is 9.10 Å². The number of hydrogen-bond donors (Lipinski definition) is 0. The monoisotopic (exact) mass is 473 g/mol. The Hall–Kier alpha value is -1.64. The molecule has 6 nitrogen and oxygen atoms in total. The van der Waals surface area contributed by atoms with E-state index in [1.54, 1.807) is 29.2 Å². The minimum atomic E-state index is -4.03. The zero-order chi connectivity index (χ0) is 20.2. The highest BCUT2D eigenvalue weighted by Gasteiger charge is 2.29. The van der Waals surface area contributed by atoms with Gasteiger partial charge in [0.2, 0.25) is 5.91 Å². The van der Waals surface area contributed by atoms with Crippen LogP contribution in [0, 0.1) is 6.92 Å². The van der Waals surface area contributed by atoms with Crippen LogP contribution in [-0.2, 0) is 14.8 Å². The van der Waals surface area contributed by atoms with E-state index in [1.165, 1.54) is 12.3 Å². The molecule has 0 spiro atoms. The van der Waals surface area contributed by atoms with Gasteiger partial charge in [-0.1, -0.05) is 29.3 Å². The lowest BCUT2D eigenvalue weighted by atomic mass is 10.2. The summed E-state index contributed by atoms with van der Waals surface area (Å²) in [6.45, 7) is 6.31. The quantitative estimate of drug-likeness (QED) is 0.571. The Morgan fingerprint density at radius 2 is 1.78 bits per heavy atom. The van der Waals surface area contributed by atoms with Crippen molar-refractivity contribution in [3.63, 3.8) is 0 Å². The summed E-state index contributed by atoms with van der Waals surface area (Å²) < 4.78 is 28.0. The third kappa shape index (κ3) is 5.00. The van der Waals surface area contributed by atoms with Gasteiger partial charge in [-0.25, -0.2) is 13.4 Å². The van der Waals surface area contributed by atoms with Gasteiger partial charge in [-0.2, -0.15) is 0 Å². The number of likely N-dealkylation sites (N-methyl/N-ethyl adjacent to an activating group) is 1. The van der Waals surface area contributed by atoms with Gasteiger partial charge in [-0.05, 0) is 54.9 Å². The molecule has 1 heterocycles. The summed E-state index contributed by atoms with van der Waals surface area (Å²) in [5.41, 5.74) is 1.39. The van der Waals surface area contributed by atoms with Gasteiger partial charge in [0.15, 0.2) is 0 Å². The van der Waals surface area contributed by atoms with E-state index >= 15 is 0 Å². The number of benzene rings is 1. The number of hydrogen-bond acceptors (Lipinski definition) is 4. The van der Waals surface area contributed by atoms with Gasteiger partial charge in [-0.15, -0.1) is 0 Å². The van der Waals surface area contributed by atoms with Crippen LogP contribution < -0.4 is 4.31 Å². The maximum atomic E-state index is 13.3. The molecule has 0 saturated carbocycles. The van der Waals surface area contributed by atoms with Crippen molar-refractivity contribution >= 4 is 49.1 Å². The van der Waals surface area contributed by atoms with Crippen LogP contribution in [0.1, 0.15) is 19.4 Å². The van der Waals surface area contributed by atoms with Gasteiger partial charge >= 0.3 is 0 Å². The number of pyridine rings is 1. The maximum Gasteiger partial charge on any atom is 0.266 e. The largest absolute Gasteiger partial charge is 0.342 e. The normalized spacial score (nSPS) is 11.3. The van der Waals surface area contributed by atoms with E-state index < -0.39 is 10.0 Å². The second kappa shape index (κ2) is 9.03. The highest BCUT2D eigenvalue weighted by atomic mass is 79.9. The predicted octanol–water partition coefficient (Wildman–Crippen LogP) is 3.87. The lowest BCUT2D eigenvalue weighted by Crippen LogP contribution is -2.43. The number of aryl methyl sites for hydroxylation is 1. The smallest absolute Gasteiger partial charge is 0.266 e. The fourth-order valence-corrected chi connectivity index (χ4v) is 4.33. The van der Waals surface area contributed by atoms with Crippen molar-refractivity contribution in [3.05, 3.63) is 51.7 Å². The van der Waals surface area contributed by atoms with Crippen LogP contribution in [0.2, 0.25) is 5.02 Å². The van der Waals surface area contributed by atoms with E-state index in [1.807, 2.05) is 20.8 Å².